The number of nitrogens with zero attached hydrogens (tertiary/aromatic N) is 1. The van der Waals surface area contributed by atoms with Gasteiger partial charge >= 0.3 is 0 Å². The molecule has 2 aromatic carbocycles. The van der Waals surface area contributed by atoms with Crippen LogP contribution in [0.15, 0.2) is 48.5 Å². The van der Waals surface area contributed by atoms with Crippen molar-refractivity contribution in [2.75, 3.05) is 19.6 Å². The van der Waals surface area contributed by atoms with Gasteiger partial charge in [0.15, 0.2) is 0 Å². The molecular formula is C24H31NO. The van der Waals surface area contributed by atoms with Gasteiger partial charge in [0.1, 0.15) is 0 Å². The minimum absolute atomic E-state index is 0.736. The molecule has 0 aromatic heterocycles. The molecule has 2 nitrogen and oxygen atoms in total. The number of piperidine rings is 1. The first-order valence-corrected chi connectivity index (χ1v) is 10.3. The first kappa shape index (κ1) is 17.8. The fraction of sp³-hybridized carbons (Fsp3) is 0.500. The molecule has 1 N–H and O–H groups in total. The lowest BCUT2D eigenvalue weighted by atomic mass is 9.77. The maximum absolute atomic E-state index is 11.8. The molecule has 1 unspecified atom stereocenters. The van der Waals surface area contributed by atoms with E-state index in [-0.39, 0.29) is 0 Å². The van der Waals surface area contributed by atoms with Crippen LogP contribution < -0.4 is 0 Å². The van der Waals surface area contributed by atoms with Crippen molar-refractivity contribution >= 4 is 0 Å². The molecule has 1 atom stereocenters. The maximum Gasteiger partial charge on any atom is 0.0939 e. The Morgan fingerprint density at radius 2 is 1.46 bits per heavy atom. The van der Waals surface area contributed by atoms with Crippen LogP contribution in [0.1, 0.15) is 54.4 Å². The summed E-state index contributed by atoms with van der Waals surface area (Å²) in [4.78, 5) is 2.58. The van der Waals surface area contributed by atoms with Crippen LogP contribution in [-0.4, -0.2) is 29.6 Å². The summed E-state index contributed by atoms with van der Waals surface area (Å²) in [6, 6.07) is 17.2. The molecular weight excluding hydrogens is 318 g/mol. The minimum Gasteiger partial charge on any atom is -0.385 e. The third-order valence-corrected chi connectivity index (χ3v) is 6.30. The lowest BCUT2D eigenvalue weighted by Gasteiger charge is -2.35. The number of hydrogen-bond donors (Lipinski definition) is 1. The monoisotopic (exact) mass is 349 g/mol. The number of hydrogen-bond acceptors (Lipinski definition) is 2. The normalized spacial score (nSPS) is 23.6. The summed E-state index contributed by atoms with van der Waals surface area (Å²) in [5.74, 6) is 0. The highest BCUT2D eigenvalue weighted by Crippen LogP contribution is 2.36. The Hall–Kier alpha value is -1.64. The van der Waals surface area contributed by atoms with E-state index in [1.165, 1.54) is 49.0 Å². The Bertz CT molecular complexity index is 734. The molecule has 1 aliphatic carbocycles. The number of fused-ring (bicyclic) bond motifs is 2. The quantitative estimate of drug-likeness (QED) is 0.879. The van der Waals surface area contributed by atoms with Gasteiger partial charge in [-0.1, -0.05) is 55.0 Å². The van der Waals surface area contributed by atoms with Crippen molar-refractivity contribution in [3.63, 3.8) is 0 Å². The maximum atomic E-state index is 11.8. The molecule has 2 aromatic rings. The summed E-state index contributed by atoms with van der Waals surface area (Å²) in [7, 11) is 0. The van der Waals surface area contributed by atoms with Gasteiger partial charge in [0.2, 0.25) is 0 Å². The highest BCUT2D eigenvalue weighted by Gasteiger charge is 2.33. The molecule has 1 saturated heterocycles. The van der Waals surface area contributed by atoms with Crippen LogP contribution in [-0.2, 0) is 24.9 Å². The van der Waals surface area contributed by atoms with Gasteiger partial charge < -0.3 is 10.0 Å². The molecule has 2 heteroatoms. The summed E-state index contributed by atoms with van der Waals surface area (Å²) in [6.07, 6.45) is 8.77. The van der Waals surface area contributed by atoms with Crippen LogP contribution in [0, 0.1) is 0 Å². The van der Waals surface area contributed by atoms with E-state index >= 15 is 0 Å². The van der Waals surface area contributed by atoms with Gasteiger partial charge in [-0.3, -0.25) is 0 Å². The second-order valence-electron chi connectivity index (χ2n) is 8.14. The summed E-state index contributed by atoms with van der Waals surface area (Å²) >= 11 is 0. The average molecular weight is 350 g/mol. The SMILES string of the molecule is OC1(CCCN2CCCCC2)Cc2ccccc2CCc2ccccc21. The third kappa shape index (κ3) is 3.87. The molecule has 0 bridgehead atoms. The molecule has 4 rings (SSSR count). The van der Waals surface area contributed by atoms with Crippen molar-refractivity contribution in [2.45, 2.75) is 57.0 Å². The van der Waals surface area contributed by atoms with Gasteiger partial charge in [-0.2, -0.15) is 0 Å². The minimum atomic E-state index is -0.747. The Labute approximate surface area is 157 Å². The second kappa shape index (κ2) is 7.94. The van der Waals surface area contributed by atoms with Crippen LogP contribution in [0.4, 0.5) is 0 Å². The van der Waals surface area contributed by atoms with E-state index in [1.807, 2.05) is 0 Å². The van der Waals surface area contributed by atoms with Crippen LogP contribution in [0.3, 0.4) is 0 Å². The van der Waals surface area contributed by atoms with Crippen molar-refractivity contribution in [1.82, 2.24) is 4.90 Å². The van der Waals surface area contributed by atoms with Gasteiger partial charge in [0.25, 0.3) is 0 Å². The molecule has 0 amide bonds. The predicted molar refractivity (Wildman–Crippen MR) is 107 cm³/mol. The highest BCUT2D eigenvalue weighted by atomic mass is 16.3. The topological polar surface area (TPSA) is 23.5 Å². The molecule has 138 valence electrons. The second-order valence-corrected chi connectivity index (χ2v) is 8.14. The average Bonchev–Trinajstić information content (AvgIpc) is 2.67. The van der Waals surface area contributed by atoms with Crippen molar-refractivity contribution < 1.29 is 5.11 Å². The third-order valence-electron chi connectivity index (χ3n) is 6.30. The fourth-order valence-corrected chi connectivity index (χ4v) is 4.85. The van der Waals surface area contributed by atoms with Crippen LogP contribution in [0.2, 0.25) is 0 Å². The van der Waals surface area contributed by atoms with E-state index < -0.39 is 5.60 Å². The number of likely N-dealkylation sites (tertiary alicyclic amines) is 1. The lowest BCUT2D eigenvalue weighted by molar-refractivity contribution is 0.0208. The highest BCUT2D eigenvalue weighted by molar-refractivity contribution is 5.39. The molecule has 0 spiro atoms. The van der Waals surface area contributed by atoms with Gasteiger partial charge in [-0.15, -0.1) is 0 Å². The summed E-state index contributed by atoms with van der Waals surface area (Å²) in [5, 5.41) is 11.8. The smallest absolute Gasteiger partial charge is 0.0939 e. The Balaban J connectivity index is 1.56. The van der Waals surface area contributed by atoms with Crippen molar-refractivity contribution in [3.8, 4) is 0 Å². The largest absolute Gasteiger partial charge is 0.385 e. The zero-order valence-electron chi connectivity index (χ0n) is 15.8. The number of rotatable bonds is 4. The van der Waals surface area contributed by atoms with Crippen LogP contribution >= 0.6 is 0 Å². The van der Waals surface area contributed by atoms with E-state index in [0.29, 0.717) is 0 Å². The predicted octanol–water partition coefficient (Wildman–Crippen LogP) is 4.48. The standard InChI is InChI=1S/C24H31NO/c26-24(15-8-18-25-16-6-1-7-17-25)19-22-11-3-2-9-20(22)13-14-21-10-4-5-12-23(21)24/h2-5,9-12,26H,1,6-8,13-19H2. The van der Waals surface area contributed by atoms with Crippen LogP contribution in [0.5, 0.6) is 0 Å². The van der Waals surface area contributed by atoms with E-state index in [9.17, 15) is 5.11 Å². The fourth-order valence-electron chi connectivity index (χ4n) is 4.85. The summed E-state index contributed by atoms with van der Waals surface area (Å²) in [6.45, 7) is 3.59. The molecule has 1 fully saturated rings. The summed E-state index contributed by atoms with van der Waals surface area (Å²) < 4.78 is 0. The van der Waals surface area contributed by atoms with E-state index in [0.717, 1.165) is 44.2 Å². The molecule has 26 heavy (non-hydrogen) atoms. The van der Waals surface area contributed by atoms with Gasteiger partial charge in [-0.05, 0) is 80.4 Å². The van der Waals surface area contributed by atoms with E-state index in [2.05, 4.69) is 53.4 Å². The van der Waals surface area contributed by atoms with Crippen molar-refractivity contribution in [3.05, 3.63) is 70.8 Å². The van der Waals surface area contributed by atoms with Crippen molar-refractivity contribution in [2.24, 2.45) is 0 Å². The molecule has 2 aliphatic rings. The van der Waals surface area contributed by atoms with E-state index in [1.54, 1.807) is 0 Å². The Kier molecular flexibility index (Phi) is 5.42. The van der Waals surface area contributed by atoms with E-state index in [4.69, 9.17) is 0 Å². The van der Waals surface area contributed by atoms with Gasteiger partial charge in [0, 0.05) is 6.42 Å². The summed E-state index contributed by atoms with van der Waals surface area (Å²) in [5.41, 5.74) is 4.46. The first-order chi connectivity index (χ1) is 12.7. The zero-order valence-corrected chi connectivity index (χ0v) is 15.8. The lowest BCUT2D eigenvalue weighted by Crippen LogP contribution is -2.35. The number of aryl methyl sites for hydroxylation is 2. The number of aliphatic hydroxyl groups is 1. The van der Waals surface area contributed by atoms with Crippen molar-refractivity contribution in [1.29, 1.82) is 0 Å². The number of benzene rings is 2. The van der Waals surface area contributed by atoms with Crippen LogP contribution in [0.25, 0.3) is 0 Å². The van der Waals surface area contributed by atoms with Gasteiger partial charge in [0.05, 0.1) is 5.60 Å². The van der Waals surface area contributed by atoms with Gasteiger partial charge in [-0.25, -0.2) is 0 Å². The Morgan fingerprint density at radius 1 is 0.808 bits per heavy atom. The molecule has 0 saturated carbocycles. The molecule has 0 radical (unpaired) electrons. The molecule has 1 aliphatic heterocycles. The Morgan fingerprint density at radius 3 is 2.27 bits per heavy atom. The zero-order chi connectivity index (χ0) is 17.8. The molecule has 1 heterocycles. The first-order valence-electron chi connectivity index (χ1n) is 10.3.